The first kappa shape index (κ1) is 14.1. The number of amides is 1. The average Bonchev–Trinajstić information content (AvgIpc) is 2.85. The van der Waals surface area contributed by atoms with Gasteiger partial charge in [-0.1, -0.05) is 6.92 Å². The number of nitrogens with one attached hydrogen (secondary N) is 1. The summed E-state index contributed by atoms with van der Waals surface area (Å²) in [5.74, 6) is 0.696. The normalized spacial score (nSPS) is 19.4. The van der Waals surface area contributed by atoms with E-state index in [-0.39, 0.29) is 5.91 Å². The van der Waals surface area contributed by atoms with Gasteiger partial charge in [-0.3, -0.25) is 9.48 Å². The van der Waals surface area contributed by atoms with E-state index >= 15 is 0 Å². The predicted molar refractivity (Wildman–Crippen MR) is 75.0 cm³/mol. The predicted octanol–water partition coefficient (Wildman–Crippen LogP) is 1.27. The van der Waals surface area contributed by atoms with Gasteiger partial charge < -0.3 is 10.2 Å². The van der Waals surface area contributed by atoms with Crippen molar-refractivity contribution in [1.82, 2.24) is 20.0 Å². The highest BCUT2D eigenvalue weighted by Crippen LogP contribution is 2.14. The summed E-state index contributed by atoms with van der Waals surface area (Å²) in [7, 11) is 1.84. The molecule has 1 aliphatic rings. The van der Waals surface area contributed by atoms with E-state index in [4.69, 9.17) is 0 Å². The molecule has 0 bridgehead atoms. The zero-order valence-corrected chi connectivity index (χ0v) is 11.9. The summed E-state index contributed by atoms with van der Waals surface area (Å²) in [5.41, 5.74) is 0.694. The summed E-state index contributed by atoms with van der Waals surface area (Å²) in [6.07, 6.45) is 6.87. The van der Waals surface area contributed by atoms with Gasteiger partial charge in [0, 0.05) is 26.3 Å². The lowest BCUT2D eigenvalue weighted by atomic mass is 9.99. The lowest BCUT2D eigenvalue weighted by Crippen LogP contribution is -2.41. The van der Waals surface area contributed by atoms with Crippen LogP contribution >= 0.6 is 0 Å². The maximum atomic E-state index is 12.5. The molecule has 2 heterocycles. The maximum absolute atomic E-state index is 12.5. The van der Waals surface area contributed by atoms with Gasteiger partial charge in [0.15, 0.2) is 0 Å². The number of nitrogens with zero attached hydrogens (tertiary/aromatic N) is 3. The molecule has 5 nitrogen and oxygen atoms in total. The van der Waals surface area contributed by atoms with Crippen molar-refractivity contribution in [2.45, 2.75) is 26.2 Å². The molecule has 1 aromatic heterocycles. The molecule has 1 aliphatic heterocycles. The third-order valence-electron chi connectivity index (χ3n) is 3.61. The Morgan fingerprint density at radius 3 is 3.05 bits per heavy atom. The van der Waals surface area contributed by atoms with Crippen LogP contribution in [0.3, 0.4) is 0 Å². The Labute approximate surface area is 115 Å². The first-order chi connectivity index (χ1) is 9.20. The molecule has 1 unspecified atom stereocenters. The fraction of sp³-hybridized carbons (Fsp3) is 0.714. The van der Waals surface area contributed by atoms with Crippen LogP contribution in [0, 0.1) is 5.92 Å². The number of carbonyl (C=O) groups is 1. The molecule has 2 rings (SSSR count). The van der Waals surface area contributed by atoms with E-state index in [2.05, 4.69) is 17.3 Å². The van der Waals surface area contributed by atoms with Gasteiger partial charge in [-0.05, 0) is 38.3 Å². The lowest BCUT2D eigenvalue weighted by Gasteiger charge is -2.29. The van der Waals surface area contributed by atoms with Crippen LogP contribution in [0.15, 0.2) is 12.4 Å². The van der Waals surface area contributed by atoms with Gasteiger partial charge in [0.05, 0.1) is 11.8 Å². The number of aromatic nitrogens is 2. The SMILES string of the molecule is CCCN(CC1CCCNC1)C(=O)c1cnn(C)c1. The molecule has 0 aliphatic carbocycles. The minimum absolute atomic E-state index is 0.112. The van der Waals surface area contributed by atoms with Gasteiger partial charge in [-0.2, -0.15) is 5.10 Å². The lowest BCUT2D eigenvalue weighted by molar-refractivity contribution is 0.0718. The van der Waals surface area contributed by atoms with E-state index in [1.807, 2.05) is 11.9 Å². The van der Waals surface area contributed by atoms with E-state index in [1.165, 1.54) is 12.8 Å². The highest BCUT2D eigenvalue weighted by Gasteiger charge is 2.21. The van der Waals surface area contributed by atoms with Gasteiger partial charge in [0.2, 0.25) is 0 Å². The van der Waals surface area contributed by atoms with E-state index in [1.54, 1.807) is 17.1 Å². The summed E-state index contributed by atoms with van der Waals surface area (Å²) in [4.78, 5) is 14.5. The van der Waals surface area contributed by atoms with Gasteiger partial charge in [0.25, 0.3) is 5.91 Å². The molecule has 1 saturated heterocycles. The first-order valence-electron chi connectivity index (χ1n) is 7.19. The van der Waals surface area contributed by atoms with Crippen molar-refractivity contribution < 1.29 is 4.79 Å². The highest BCUT2D eigenvalue weighted by atomic mass is 16.2. The first-order valence-corrected chi connectivity index (χ1v) is 7.19. The molecule has 0 radical (unpaired) electrons. The third kappa shape index (κ3) is 3.80. The fourth-order valence-electron chi connectivity index (χ4n) is 2.65. The number of carbonyl (C=O) groups excluding carboxylic acids is 1. The molecule has 0 saturated carbocycles. The van der Waals surface area contributed by atoms with Crippen LogP contribution in [-0.2, 0) is 7.05 Å². The Bertz CT molecular complexity index is 409. The van der Waals surface area contributed by atoms with Gasteiger partial charge in [-0.25, -0.2) is 0 Å². The van der Waals surface area contributed by atoms with Gasteiger partial charge in [0.1, 0.15) is 0 Å². The molecule has 5 heteroatoms. The maximum Gasteiger partial charge on any atom is 0.257 e. The summed E-state index contributed by atoms with van der Waals surface area (Å²) >= 11 is 0. The second-order valence-electron chi connectivity index (χ2n) is 5.37. The largest absolute Gasteiger partial charge is 0.338 e. The summed E-state index contributed by atoms with van der Waals surface area (Å²) in [5, 5.41) is 7.49. The van der Waals surface area contributed by atoms with E-state index in [0.717, 1.165) is 32.6 Å². The summed E-state index contributed by atoms with van der Waals surface area (Å²) < 4.78 is 1.68. The highest BCUT2D eigenvalue weighted by molar-refractivity contribution is 5.93. The fourth-order valence-corrected chi connectivity index (χ4v) is 2.65. The molecule has 1 aromatic rings. The topological polar surface area (TPSA) is 50.2 Å². The van der Waals surface area contributed by atoms with Crippen LogP contribution in [-0.4, -0.2) is 46.8 Å². The Hall–Kier alpha value is -1.36. The summed E-state index contributed by atoms with van der Waals surface area (Å²) in [6, 6.07) is 0. The Morgan fingerprint density at radius 2 is 2.47 bits per heavy atom. The third-order valence-corrected chi connectivity index (χ3v) is 3.61. The summed E-state index contributed by atoms with van der Waals surface area (Å²) in [6.45, 7) is 5.93. The van der Waals surface area contributed by atoms with Crippen LogP contribution in [0.25, 0.3) is 0 Å². The standard InChI is InChI=1S/C14H24N4O/c1-3-7-18(10-12-5-4-6-15-8-12)14(19)13-9-16-17(2)11-13/h9,11-12,15H,3-8,10H2,1-2H3. The zero-order valence-electron chi connectivity index (χ0n) is 11.9. The van der Waals surface area contributed by atoms with Crippen molar-refractivity contribution in [1.29, 1.82) is 0 Å². The second-order valence-corrected chi connectivity index (χ2v) is 5.37. The number of piperidine rings is 1. The van der Waals surface area contributed by atoms with Crippen LogP contribution < -0.4 is 5.32 Å². The minimum atomic E-state index is 0.112. The van der Waals surface area contributed by atoms with Crippen LogP contribution in [0.2, 0.25) is 0 Å². The van der Waals surface area contributed by atoms with Crippen LogP contribution in [0.4, 0.5) is 0 Å². The average molecular weight is 264 g/mol. The van der Waals surface area contributed by atoms with Crippen LogP contribution in [0.1, 0.15) is 36.5 Å². The van der Waals surface area contributed by atoms with E-state index in [0.29, 0.717) is 11.5 Å². The van der Waals surface area contributed by atoms with Crippen molar-refractivity contribution in [3.63, 3.8) is 0 Å². The molecule has 1 amide bonds. The molecular formula is C14H24N4O. The molecule has 106 valence electrons. The van der Waals surface area contributed by atoms with Gasteiger partial charge >= 0.3 is 0 Å². The van der Waals surface area contributed by atoms with Crippen molar-refractivity contribution in [2.24, 2.45) is 13.0 Å². The molecule has 1 N–H and O–H groups in total. The quantitative estimate of drug-likeness (QED) is 0.871. The Kier molecular flexibility index (Phi) is 4.96. The van der Waals surface area contributed by atoms with Crippen molar-refractivity contribution in [2.75, 3.05) is 26.2 Å². The minimum Gasteiger partial charge on any atom is -0.338 e. The van der Waals surface area contributed by atoms with E-state index in [9.17, 15) is 4.79 Å². The van der Waals surface area contributed by atoms with Crippen molar-refractivity contribution >= 4 is 5.91 Å². The molecule has 1 atom stereocenters. The molecule has 0 aromatic carbocycles. The molecular weight excluding hydrogens is 240 g/mol. The van der Waals surface area contributed by atoms with Crippen molar-refractivity contribution in [3.05, 3.63) is 18.0 Å². The molecule has 0 spiro atoms. The number of rotatable bonds is 5. The monoisotopic (exact) mass is 264 g/mol. The number of hydrogen-bond acceptors (Lipinski definition) is 3. The van der Waals surface area contributed by atoms with Crippen LogP contribution in [0.5, 0.6) is 0 Å². The molecule has 1 fully saturated rings. The number of hydrogen-bond donors (Lipinski definition) is 1. The number of aryl methyl sites for hydroxylation is 1. The van der Waals surface area contributed by atoms with Gasteiger partial charge in [-0.15, -0.1) is 0 Å². The van der Waals surface area contributed by atoms with Crippen molar-refractivity contribution in [3.8, 4) is 0 Å². The molecule has 19 heavy (non-hydrogen) atoms. The zero-order chi connectivity index (χ0) is 13.7. The smallest absolute Gasteiger partial charge is 0.257 e. The Morgan fingerprint density at radius 1 is 1.63 bits per heavy atom. The second kappa shape index (κ2) is 6.70. The van der Waals surface area contributed by atoms with E-state index < -0.39 is 0 Å². The Balaban J connectivity index is 1.99.